The minimum absolute atomic E-state index is 0. The van der Waals surface area contributed by atoms with Crippen molar-refractivity contribution in [2.24, 2.45) is 11.1 Å². The highest BCUT2D eigenvalue weighted by atomic mass is 35.5. The van der Waals surface area contributed by atoms with Crippen molar-refractivity contribution >= 4 is 12.4 Å². The molecule has 0 atom stereocenters. The lowest BCUT2D eigenvalue weighted by Gasteiger charge is -2.55. The van der Waals surface area contributed by atoms with Crippen LogP contribution in [0.5, 0.6) is 0 Å². The number of halogens is 1. The van der Waals surface area contributed by atoms with Gasteiger partial charge in [0.1, 0.15) is 0 Å². The summed E-state index contributed by atoms with van der Waals surface area (Å²) in [5.41, 5.74) is 6.71. The fourth-order valence-corrected chi connectivity index (χ4v) is 2.92. The number of rotatable bonds is 4. The van der Waals surface area contributed by atoms with Crippen LogP contribution in [0.25, 0.3) is 0 Å². The minimum atomic E-state index is -0.324. The van der Waals surface area contributed by atoms with Crippen molar-refractivity contribution in [2.45, 2.75) is 18.3 Å². The predicted octanol–water partition coefficient (Wildman–Crippen LogP) is 1.07. The first kappa shape index (κ1) is 14.5. The molecular weight excluding hydrogens is 238 g/mol. The van der Waals surface area contributed by atoms with Crippen molar-refractivity contribution in [1.82, 2.24) is 0 Å². The molecule has 0 radical (unpaired) electrons. The van der Waals surface area contributed by atoms with Crippen LogP contribution in [0.15, 0.2) is 30.3 Å². The van der Waals surface area contributed by atoms with Crippen LogP contribution in [-0.4, -0.2) is 30.0 Å². The Balaban J connectivity index is 0.00000144. The fraction of sp³-hybridized carbons (Fsp3) is 0.538. The zero-order valence-corrected chi connectivity index (χ0v) is 10.6. The number of benzene rings is 1. The second-order valence-corrected chi connectivity index (χ2v) is 5.02. The molecule has 4 N–H and O–H groups in total. The lowest BCUT2D eigenvalue weighted by Crippen LogP contribution is -2.57. The topological polar surface area (TPSA) is 66.5 Å². The summed E-state index contributed by atoms with van der Waals surface area (Å²) < 4.78 is 0. The Morgan fingerprint density at radius 1 is 1.06 bits per heavy atom. The number of hydrogen-bond donors (Lipinski definition) is 3. The largest absolute Gasteiger partial charge is 0.396 e. The molecule has 1 fully saturated rings. The van der Waals surface area contributed by atoms with E-state index < -0.39 is 0 Å². The standard InChI is InChI=1S/C13H19NO2.ClH/c14-8-13(11-4-2-1-3-5-11)6-12(7-13,9-15)10-16;/h1-5,15-16H,6-10,14H2;1H. The molecule has 1 aromatic rings. The summed E-state index contributed by atoms with van der Waals surface area (Å²) in [7, 11) is 0. The quantitative estimate of drug-likeness (QED) is 0.756. The second kappa shape index (κ2) is 5.36. The molecule has 2 rings (SSSR count). The Hall–Kier alpha value is -0.610. The van der Waals surface area contributed by atoms with Crippen molar-refractivity contribution in [3.63, 3.8) is 0 Å². The summed E-state index contributed by atoms with van der Waals surface area (Å²) in [5, 5.41) is 18.6. The third-order valence-corrected chi connectivity index (χ3v) is 3.87. The van der Waals surface area contributed by atoms with Crippen molar-refractivity contribution < 1.29 is 10.2 Å². The van der Waals surface area contributed by atoms with E-state index in [2.05, 4.69) is 12.1 Å². The van der Waals surface area contributed by atoms with Crippen LogP contribution in [0.3, 0.4) is 0 Å². The zero-order valence-electron chi connectivity index (χ0n) is 9.80. The average molecular weight is 258 g/mol. The van der Waals surface area contributed by atoms with Gasteiger partial charge in [0.25, 0.3) is 0 Å². The number of hydrogen-bond acceptors (Lipinski definition) is 3. The SMILES string of the molecule is Cl.NCC1(c2ccccc2)CC(CO)(CO)C1. The Morgan fingerprint density at radius 3 is 2.00 bits per heavy atom. The van der Waals surface area contributed by atoms with Gasteiger partial charge in [0.05, 0.1) is 13.2 Å². The lowest BCUT2D eigenvalue weighted by molar-refractivity contribution is -0.0639. The monoisotopic (exact) mass is 257 g/mol. The summed E-state index contributed by atoms with van der Waals surface area (Å²) in [6.07, 6.45) is 1.54. The maximum absolute atomic E-state index is 9.31. The number of aliphatic hydroxyl groups is 2. The maximum Gasteiger partial charge on any atom is 0.0510 e. The average Bonchev–Trinajstić information content (AvgIpc) is 2.31. The molecule has 0 heterocycles. The Bertz CT molecular complexity index is 344. The summed E-state index contributed by atoms with van der Waals surface area (Å²) >= 11 is 0. The lowest BCUT2D eigenvalue weighted by atomic mass is 9.51. The van der Waals surface area contributed by atoms with Gasteiger partial charge in [-0.1, -0.05) is 30.3 Å². The molecule has 4 heteroatoms. The molecule has 96 valence electrons. The van der Waals surface area contributed by atoms with E-state index in [1.54, 1.807) is 0 Å². The molecule has 1 aromatic carbocycles. The smallest absolute Gasteiger partial charge is 0.0510 e. The van der Waals surface area contributed by atoms with E-state index in [9.17, 15) is 10.2 Å². The molecule has 0 aliphatic heterocycles. The zero-order chi connectivity index (χ0) is 11.6. The van der Waals surface area contributed by atoms with E-state index in [0.717, 1.165) is 12.8 Å². The number of nitrogens with two attached hydrogens (primary N) is 1. The molecule has 0 aromatic heterocycles. The predicted molar refractivity (Wildman–Crippen MR) is 70.3 cm³/mol. The van der Waals surface area contributed by atoms with E-state index in [4.69, 9.17) is 5.73 Å². The molecule has 3 nitrogen and oxygen atoms in total. The molecule has 0 spiro atoms. The summed E-state index contributed by atoms with van der Waals surface area (Å²) in [5.74, 6) is 0. The van der Waals surface area contributed by atoms with Crippen molar-refractivity contribution in [3.8, 4) is 0 Å². The molecule has 1 aliphatic rings. The van der Waals surface area contributed by atoms with Crippen LogP contribution in [0.4, 0.5) is 0 Å². The molecular formula is C13H20ClNO2. The maximum atomic E-state index is 9.31. The Morgan fingerprint density at radius 2 is 1.59 bits per heavy atom. The van der Waals surface area contributed by atoms with Crippen LogP contribution < -0.4 is 5.73 Å². The van der Waals surface area contributed by atoms with Gasteiger partial charge in [0.2, 0.25) is 0 Å². The molecule has 1 aliphatic carbocycles. The van der Waals surface area contributed by atoms with Gasteiger partial charge < -0.3 is 15.9 Å². The van der Waals surface area contributed by atoms with E-state index in [-0.39, 0.29) is 36.5 Å². The normalized spacial score (nSPS) is 20.2. The van der Waals surface area contributed by atoms with Gasteiger partial charge in [0.15, 0.2) is 0 Å². The Labute approximate surface area is 108 Å². The minimum Gasteiger partial charge on any atom is -0.396 e. The molecule has 0 bridgehead atoms. The van der Waals surface area contributed by atoms with Gasteiger partial charge in [-0.05, 0) is 18.4 Å². The third kappa shape index (κ3) is 2.33. The first-order valence-corrected chi connectivity index (χ1v) is 5.68. The highest BCUT2D eigenvalue weighted by Crippen LogP contribution is 2.54. The summed E-state index contributed by atoms with van der Waals surface area (Å²) in [6, 6.07) is 10.1. The van der Waals surface area contributed by atoms with E-state index >= 15 is 0 Å². The van der Waals surface area contributed by atoms with Crippen LogP contribution in [0.1, 0.15) is 18.4 Å². The third-order valence-electron chi connectivity index (χ3n) is 3.87. The van der Waals surface area contributed by atoms with Gasteiger partial charge in [-0.25, -0.2) is 0 Å². The first-order chi connectivity index (χ1) is 7.70. The molecule has 0 saturated heterocycles. The van der Waals surface area contributed by atoms with Gasteiger partial charge >= 0.3 is 0 Å². The van der Waals surface area contributed by atoms with Gasteiger partial charge in [-0.2, -0.15) is 0 Å². The number of aliphatic hydroxyl groups excluding tert-OH is 2. The van der Waals surface area contributed by atoms with Crippen molar-refractivity contribution in [2.75, 3.05) is 19.8 Å². The van der Waals surface area contributed by atoms with Gasteiger partial charge in [0, 0.05) is 17.4 Å². The molecule has 1 saturated carbocycles. The van der Waals surface area contributed by atoms with Crippen LogP contribution in [0, 0.1) is 5.41 Å². The van der Waals surface area contributed by atoms with Crippen LogP contribution in [-0.2, 0) is 5.41 Å². The summed E-state index contributed by atoms with van der Waals surface area (Å²) in [4.78, 5) is 0. The van der Waals surface area contributed by atoms with E-state index in [0.29, 0.717) is 6.54 Å². The molecule has 0 amide bonds. The first-order valence-electron chi connectivity index (χ1n) is 5.68. The van der Waals surface area contributed by atoms with Crippen LogP contribution in [0.2, 0.25) is 0 Å². The van der Waals surface area contributed by atoms with Crippen molar-refractivity contribution in [1.29, 1.82) is 0 Å². The molecule has 17 heavy (non-hydrogen) atoms. The van der Waals surface area contributed by atoms with Gasteiger partial charge in [-0.3, -0.25) is 0 Å². The van der Waals surface area contributed by atoms with Crippen molar-refractivity contribution in [3.05, 3.63) is 35.9 Å². The van der Waals surface area contributed by atoms with Crippen LogP contribution >= 0.6 is 12.4 Å². The van der Waals surface area contributed by atoms with E-state index in [1.807, 2.05) is 18.2 Å². The Kier molecular flexibility index (Phi) is 4.55. The van der Waals surface area contributed by atoms with Gasteiger partial charge in [-0.15, -0.1) is 12.4 Å². The highest BCUT2D eigenvalue weighted by Gasteiger charge is 2.53. The summed E-state index contributed by atoms with van der Waals surface area (Å²) in [6.45, 7) is 0.648. The second-order valence-electron chi connectivity index (χ2n) is 5.02. The highest BCUT2D eigenvalue weighted by molar-refractivity contribution is 5.85. The van der Waals surface area contributed by atoms with E-state index in [1.165, 1.54) is 5.56 Å². The molecule has 0 unspecified atom stereocenters. The fourth-order valence-electron chi connectivity index (χ4n) is 2.92.